The van der Waals surface area contributed by atoms with Crippen LogP contribution >= 0.6 is 12.6 Å². The van der Waals surface area contributed by atoms with E-state index in [9.17, 15) is 0 Å². The van der Waals surface area contributed by atoms with Crippen molar-refractivity contribution in [2.24, 2.45) is 0 Å². The minimum Gasteiger partial charge on any atom is -0.491 e. The fourth-order valence-electron chi connectivity index (χ4n) is 1.40. The quantitative estimate of drug-likeness (QED) is 0.594. The van der Waals surface area contributed by atoms with Crippen LogP contribution in [0.3, 0.4) is 0 Å². The molecule has 0 aromatic heterocycles. The molecule has 3 heteroatoms. The van der Waals surface area contributed by atoms with Gasteiger partial charge >= 0.3 is 0 Å². The third-order valence-electron chi connectivity index (χ3n) is 1.93. The van der Waals surface area contributed by atoms with Crippen molar-refractivity contribution in [1.29, 1.82) is 0 Å². The molecule has 0 radical (unpaired) electrons. The van der Waals surface area contributed by atoms with Crippen LogP contribution in [-0.2, 0) is 4.74 Å². The first kappa shape index (κ1) is 12.4. The third kappa shape index (κ3) is 5.09. The van der Waals surface area contributed by atoms with Gasteiger partial charge in [-0.3, -0.25) is 0 Å². The average molecular weight is 226 g/mol. The molecule has 0 N–H and O–H groups in total. The highest BCUT2D eigenvalue weighted by molar-refractivity contribution is 7.80. The van der Waals surface area contributed by atoms with E-state index >= 15 is 0 Å². The Hall–Kier alpha value is -0.670. The van der Waals surface area contributed by atoms with Crippen molar-refractivity contribution in [1.82, 2.24) is 0 Å². The van der Waals surface area contributed by atoms with E-state index in [1.165, 1.54) is 11.1 Å². The maximum Gasteiger partial charge on any atom is 0.119 e. The first-order valence-corrected chi connectivity index (χ1v) is 5.75. The van der Waals surface area contributed by atoms with Gasteiger partial charge in [0, 0.05) is 5.75 Å². The van der Waals surface area contributed by atoms with Crippen LogP contribution < -0.4 is 4.74 Å². The topological polar surface area (TPSA) is 18.5 Å². The van der Waals surface area contributed by atoms with Gasteiger partial charge in [0.05, 0.1) is 13.2 Å². The number of aryl methyl sites for hydroxylation is 2. The second-order valence-electron chi connectivity index (χ2n) is 3.51. The number of ether oxygens (including phenoxy) is 2. The number of hydrogen-bond donors (Lipinski definition) is 1. The molecule has 1 rings (SSSR count). The normalized spacial score (nSPS) is 10.3. The van der Waals surface area contributed by atoms with Crippen LogP contribution in [0.1, 0.15) is 11.1 Å². The zero-order chi connectivity index (χ0) is 11.1. The summed E-state index contributed by atoms with van der Waals surface area (Å²) < 4.78 is 10.8. The highest BCUT2D eigenvalue weighted by Gasteiger charge is 1.96. The van der Waals surface area contributed by atoms with E-state index < -0.39 is 0 Å². The fourth-order valence-corrected chi connectivity index (χ4v) is 1.53. The molecule has 0 bridgehead atoms. The summed E-state index contributed by atoms with van der Waals surface area (Å²) >= 11 is 4.05. The number of benzene rings is 1. The molecular weight excluding hydrogens is 208 g/mol. The van der Waals surface area contributed by atoms with Gasteiger partial charge in [0.2, 0.25) is 0 Å². The van der Waals surface area contributed by atoms with Crippen molar-refractivity contribution in [3.8, 4) is 5.75 Å². The van der Waals surface area contributed by atoms with Gasteiger partial charge in [0.25, 0.3) is 0 Å². The standard InChI is InChI=1S/C12H18O2S/c1-10-7-11(2)9-12(8-10)14-4-3-13-5-6-15/h7-9,15H,3-6H2,1-2H3. The minimum absolute atomic E-state index is 0.594. The zero-order valence-electron chi connectivity index (χ0n) is 9.32. The zero-order valence-corrected chi connectivity index (χ0v) is 10.2. The molecule has 2 nitrogen and oxygen atoms in total. The molecule has 84 valence electrons. The summed E-state index contributed by atoms with van der Waals surface area (Å²) in [7, 11) is 0. The maximum atomic E-state index is 5.56. The number of rotatable bonds is 6. The lowest BCUT2D eigenvalue weighted by Gasteiger charge is -2.08. The summed E-state index contributed by atoms with van der Waals surface area (Å²) in [6.45, 7) is 6.03. The number of hydrogen-bond acceptors (Lipinski definition) is 3. The summed E-state index contributed by atoms with van der Waals surface area (Å²) in [6.07, 6.45) is 0. The van der Waals surface area contributed by atoms with Crippen molar-refractivity contribution in [2.75, 3.05) is 25.6 Å². The van der Waals surface area contributed by atoms with Gasteiger partial charge in [0.15, 0.2) is 0 Å². The summed E-state index contributed by atoms with van der Waals surface area (Å²) in [5, 5.41) is 0. The maximum absolute atomic E-state index is 5.56. The van der Waals surface area contributed by atoms with E-state index in [1.54, 1.807) is 0 Å². The van der Waals surface area contributed by atoms with Crippen molar-refractivity contribution in [3.05, 3.63) is 29.3 Å². The van der Waals surface area contributed by atoms with Gasteiger partial charge in [-0.15, -0.1) is 0 Å². The summed E-state index contributed by atoms with van der Waals surface area (Å²) in [4.78, 5) is 0. The molecule has 0 heterocycles. The minimum atomic E-state index is 0.594. The van der Waals surface area contributed by atoms with E-state index in [1.807, 2.05) is 12.1 Å². The Bertz CT molecular complexity index is 279. The Morgan fingerprint density at radius 3 is 2.27 bits per heavy atom. The highest BCUT2D eigenvalue weighted by atomic mass is 32.1. The van der Waals surface area contributed by atoms with Crippen molar-refractivity contribution < 1.29 is 9.47 Å². The first-order chi connectivity index (χ1) is 7.22. The van der Waals surface area contributed by atoms with E-state index in [4.69, 9.17) is 9.47 Å². The molecule has 1 aromatic carbocycles. The highest BCUT2D eigenvalue weighted by Crippen LogP contribution is 2.15. The van der Waals surface area contributed by atoms with E-state index in [2.05, 4.69) is 32.5 Å². The van der Waals surface area contributed by atoms with Crippen LogP contribution in [0.2, 0.25) is 0 Å². The van der Waals surface area contributed by atoms with E-state index in [0.29, 0.717) is 19.8 Å². The molecule has 0 spiro atoms. The van der Waals surface area contributed by atoms with Gasteiger partial charge in [0.1, 0.15) is 12.4 Å². The molecule has 0 saturated carbocycles. The first-order valence-electron chi connectivity index (χ1n) is 5.12. The predicted octanol–water partition coefficient (Wildman–Crippen LogP) is 2.63. The lowest BCUT2D eigenvalue weighted by Crippen LogP contribution is -2.08. The molecule has 0 saturated heterocycles. The third-order valence-corrected chi connectivity index (χ3v) is 2.11. The van der Waals surface area contributed by atoms with E-state index in [0.717, 1.165) is 11.5 Å². The molecule has 0 unspecified atom stereocenters. The van der Waals surface area contributed by atoms with Crippen LogP contribution in [0.25, 0.3) is 0 Å². The smallest absolute Gasteiger partial charge is 0.119 e. The van der Waals surface area contributed by atoms with Crippen molar-refractivity contribution >= 4 is 12.6 Å². The fraction of sp³-hybridized carbons (Fsp3) is 0.500. The van der Waals surface area contributed by atoms with E-state index in [-0.39, 0.29) is 0 Å². The van der Waals surface area contributed by atoms with Crippen LogP contribution in [-0.4, -0.2) is 25.6 Å². The molecule has 0 atom stereocenters. The lowest BCUT2D eigenvalue weighted by atomic mass is 10.1. The van der Waals surface area contributed by atoms with Crippen LogP contribution in [0.4, 0.5) is 0 Å². The SMILES string of the molecule is Cc1cc(C)cc(OCCOCCS)c1. The molecule has 0 fully saturated rings. The molecule has 0 aliphatic carbocycles. The predicted molar refractivity (Wildman–Crippen MR) is 66.1 cm³/mol. The molecular formula is C12H18O2S. The van der Waals surface area contributed by atoms with Gasteiger partial charge < -0.3 is 9.47 Å². The lowest BCUT2D eigenvalue weighted by molar-refractivity contribution is 0.112. The van der Waals surface area contributed by atoms with Crippen LogP contribution in [0.15, 0.2) is 18.2 Å². The van der Waals surface area contributed by atoms with Gasteiger partial charge in [-0.25, -0.2) is 0 Å². The number of thiol groups is 1. The Morgan fingerprint density at radius 2 is 1.67 bits per heavy atom. The molecule has 1 aromatic rings. The summed E-state index contributed by atoms with van der Waals surface area (Å²) in [5.41, 5.74) is 2.45. The van der Waals surface area contributed by atoms with Crippen molar-refractivity contribution in [2.45, 2.75) is 13.8 Å². The monoisotopic (exact) mass is 226 g/mol. The van der Waals surface area contributed by atoms with Crippen LogP contribution in [0.5, 0.6) is 5.75 Å². The van der Waals surface area contributed by atoms with Gasteiger partial charge in [-0.05, 0) is 37.1 Å². The Labute approximate surface area is 97.0 Å². The largest absolute Gasteiger partial charge is 0.491 e. The van der Waals surface area contributed by atoms with Gasteiger partial charge in [-0.1, -0.05) is 6.07 Å². The van der Waals surface area contributed by atoms with Gasteiger partial charge in [-0.2, -0.15) is 12.6 Å². The molecule has 0 aliphatic heterocycles. The summed E-state index contributed by atoms with van der Waals surface area (Å²) in [5.74, 6) is 1.67. The Balaban J connectivity index is 2.31. The summed E-state index contributed by atoms with van der Waals surface area (Å²) in [6, 6.07) is 6.20. The Kier molecular flexibility index (Phi) is 5.58. The molecule has 0 aliphatic rings. The molecule has 15 heavy (non-hydrogen) atoms. The molecule has 0 amide bonds. The van der Waals surface area contributed by atoms with Crippen molar-refractivity contribution in [3.63, 3.8) is 0 Å². The Morgan fingerprint density at radius 1 is 1.00 bits per heavy atom. The second-order valence-corrected chi connectivity index (χ2v) is 3.96. The van der Waals surface area contributed by atoms with Crippen LogP contribution in [0, 0.1) is 13.8 Å². The second kappa shape index (κ2) is 6.75. The average Bonchev–Trinajstić information content (AvgIpc) is 2.16.